The fraction of sp³-hybridized carbons (Fsp3) is 0.615. The maximum absolute atomic E-state index is 12.4. The highest BCUT2D eigenvalue weighted by molar-refractivity contribution is 5.89. The van der Waals surface area contributed by atoms with Gasteiger partial charge in [-0.05, 0) is 18.3 Å². The van der Waals surface area contributed by atoms with Crippen molar-refractivity contribution >= 4 is 17.8 Å². The Kier molecular flexibility index (Phi) is 3.59. The second-order valence-corrected chi connectivity index (χ2v) is 5.21. The first-order chi connectivity index (χ1) is 8.95. The number of carboxylic acid groups (broad SMARTS) is 1. The summed E-state index contributed by atoms with van der Waals surface area (Å²) in [6, 6.07) is 0. The van der Waals surface area contributed by atoms with E-state index in [0.717, 1.165) is 6.42 Å². The molecule has 0 spiro atoms. The molecule has 2 rings (SSSR count). The number of likely N-dealkylation sites (N-methyl/N-ethyl adjacent to an activating group) is 2. The van der Waals surface area contributed by atoms with Gasteiger partial charge in [-0.15, -0.1) is 0 Å². The zero-order chi connectivity index (χ0) is 14.2. The van der Waals surface area contributed by atoms with E-state index < -0.39 is 17.8 Å². The number of fused-ring (bicyclic) bond motifs is 2. The van der Waals surface area contributed by atoms with E-state index in [4.69, 9.17) is 0 Å². The molecule has 6 nitrogen and oxygen atoms in total. The van der Waals surface area contributed by atoms with Crippen LogP contribution in [0.1, 0.15) is 6.42 Å². The van der Waals surface area contributed by atoms with Gasteiger partial charge in [0.1, 0.15) is 0 Å². The summed E-state index contributed by atoms with van der Waals surface area (Å²) in [7, 11) is 3.03. The van der Waals surface area contributed by atoms with Gasteiger partial charge in [0.25, 0.3) is 0 Å². The van der Waals surface area contributed by atoms with Gasteiger partial charge in [-0.1, -0.05) is 12.2 Å². The standard InChI is InChI=1S/C13H18N2O4/c1-14-9(16)6-15(2)12(17)10-7-3-4-8(5-7)11(10)13(18)19/h3-4,7-8,10-11H,5-6H2,1-2H3,(H,14,16)(H,18,19)/t7?,8?,10-,11+/m0/s1. The fourth-order valence-corrected chi connectivity index (χ4v) is 3.12. The van der Waals surface area contributed by atoms with Gasteiger partial charge in [0, 0.05) is 14.1 Å². The minimum absolute atomic E-state index is 0.00858. The molecule has 0 radical (unpaired) electrons. The summed E-state index contributed by atoms with van der Waals surface area (Å²) in [5, 5.41) is 11.7. The van der Waals surface area contributed by atoms with E-state index in [0.29, 0.717) is 0 Å². The second kappa shape index (κ2) is 5.03. The Morgan fingerprint density at radius 3 is 2.37 bits per heavy atom. The first-order valence-electron chi connectivity index (χ1n) is 6.32. The van der Waals surface area contributed by atoms with Crippen molar-refractivity contribution in [2.75, 3.05) is 20.6 Å². The van der Waals surface area contributed by atoms with E-state index in [9.17, 15) is 19.5 Å². The summed E-state index contributed by atoms with van der Waals surface area (Å²) in [5.74, 6) is -2.70. The molecule has 4 atom stereocenters. The average Bonchev–Trinajstić information content (AvgIpc) is 2.97. The lowest BCUT2D eigenvalue weighted by atomic mass is 9.82. The molecule has 6 heteroatoms. The van der Waals surface area contributed by atoms with Crippen LogP contribution in [0, 0.1) is 23.7 Å². The number of allylic oxidation sites excluding steroid dienone is 2. The second-order valence-electron chi connectivity index (χ2n) is 5.21. The highest BCUT2D eigenvalue weighted by Gasteiger charge is 2.52. The van der Waals surface area contributed by atoms with Crippen LogP contribution >= 0.6 is 0 Å². The molecule has 2 N–H and O–H groups in total. The topological polar surface area (TPSA) is 86.7 Å². The molecule has 0 heterocycles. The Labute approximate surface area is 111 Å². The zero-order valence-corrected chi connectivity index (χ0v) is 11.0. The Bertz CT molecular complexity index is 446. The lowest BCUT2D eigenvalue weighted by Crippen LogP contribution is -2.44. The van der Waals surface area contributed by atoms with Crippen molar-refractivity contribution in [3.63, 3.8) is 0 Å². The number of carboxylic acids is 1. The zero-order valence-electron chi connectivity index (χ0n) is 11.0. The molecule has 0 aromatic rings. The van der Waals surface area contributed by atoms with Gasteiger partial charge in [0.2, 0.25) is 11.8 Å². The molecule has 0 aromatic carbocycles. The van der Waals surface area contributed by atoms with Gasteiger partial charge < -0.3 is 15.3 Å². The first kappa shape index (κ1) is 13.6. The smallest absolute Gasteiger partial charge is 0.307 e. The molecule has 0 aromatic heterocycles. The Hall–Kier alpha value is -1.85. The number of amides is 2. The van der Waals surface area contributed by atoms with Crippen molar-refractivity contribution in [1.82, 2.24) is 10.2 Å². The van der Waals surface area contributed by atoms with E-state index in [-0.39, 0.29) is 30.2 Å². The quantitative estimate of drug-likeness (QED) is 0.685. The molecule has 1 saturated carbocycles. The highest BCUT2D eigenvalue weighted by Crippen LogP contribution is 2.48. The predicted octanol–water partition coefficient (Wildman–Crippen LogP) is -0.286. The van der Waals surface area contributed by atoms with E-state index in [1.54, 1.807) is 0 Å². The summed E-state index contributed by atoms with van der Waals surface area (Å²) < 4.78 is 0. The van der Waals surface area contributed by atoms with Gasteiger partial charge in [-0.25, -0.2) is 0 Å². The van der Waals surface area contributed by atoms with Gasteiger partial charge in [-0.2, -0.15) is 0 Å². The average molecular weight is 266 g/mol. The van der Waals surface area contributed by atoms with Crippen LogP contribution in [0.5, 0.6) is 0 Å². The predicted molar refractivity (Wildman–Crippen MR) is 67.1 cm³/mol. The fourth-order valence-electron chi connectivity index (χ4n) is 3.12. The molecule has 104 valence electrons. The Morgan fingerprint density at radius 1 is 1.26 bits per heavy atom. The maximum Gasteiger partial charge on any atom is 0.307 e. The van der Waals surface area contributed by atoms with Gasteiger partial charge in [0.05, 0.1) is 18.4 Å². The van der Waals surface area contributed by atoms with Crippen LogP contribution in [0.25, 0.3) is 0 Å². The summed E-state index contributed by atoms with van der Waals surface area (Å²) in [6.07, 6.45) is 4.55. The summed E-state index contributed by atoms with van der Waals surface area (Å²) in [6.45, 7) is -0.0424. The highest BCUT2D eigenvalue weighted by atomic mass is 16.4. The third kappa shape index (κ3) is 2.34. The largest absolute Gasteiger partial charge is 0.481 e. The first-order valence-corrected chi connectivity index (χ1v) is 6.32. The van der Waals surface area contributed by atoms with Crippen molar-refractivity contribution < 1.29 is 19.5 Å². The van der Waals surface area contributed by atoms with Gasteiger partial charge in [-0.3, -0.25) is 14.4 Å². The van der Waals surface area contributed by atoms with Crippen LogP contribution < -0.4 is 5.32 Å². The van der Waals surface area contributed by atoms with Crippen LogP contribution in [-0.4, -0.2) is 48.4 Å². The van der Waals surface area contributed by atoms with Crippen molar-refractivity contribution in [3.05, 3.63) is 12.2 Å². The summed E-state index contributed by atoms with van der Waals surface area (Å²) >= 11 is 0. The van der Waals surface area contributed by atoms with E-state index in [2.05, 4.69) is 5.32 Å². The minimum Gasteiger partial charge on any atom is -0.481 e. The van der Waals surface area contributed by atoms with Crippen molar-refractivity contribution in [1.29, 1.82) is 0 Å². The molecule has 0 saturated heterocycles. The molecular formula is C13H18N2O4. The monoisotopic (exact) mass is 266 g/mol. The number of nitrogens with one attached hydrogen (secondary N) is 1. The minimum atomic E-state index is -0.927. The lowest BCUT2D eigenvalue weighted by molar-refractivity contribution is -0.151. The molecule has 2 aliphatic carbocycles. The number of aliphatic carboxylic acids is 1. The number of hydrogen-bond donors (Lipinski definition) is 2. The van der Waals surface area contributed by atoms with Crippen LogP contribution in [-0.2, 0) is 14.4 Å². The summed E-state index contributed by atoms with van der Waals surface area (Å²) in [4.78, 5) is 36.3. The normalized spacial score (nSPS) is 31.3. The lowest BCUT2D eigenvalue weighted by Gasteiger charge is -2.28. The van der Waals surface area contributed by atoms with E-state index in [1.807, 2.05) is 12.2 Å². The van der Waals surface area contributed by atoms with Crippen molar-refractivity contribution in [3.8, 4) is 0 Å². The van der Waals surface area contributed by atoms with Crippen molar-refractivity contribution in [2.45, 2.75) is 6.42 Å². The van der Waals surface area contributed by atoms with Gasteiger partial charge >= 0.3 is 5.97 Å². The Balaban J connectivity index is 2.12. The van der Waals surface area contributed by atoms with E-state index >= 15 is 0 Å². The molecule has 2 bridgehead atoms. The molecule has 0 aliphatic heterocycles. The number of nitrogens with zero attached hydrogens (tertiary/aromatic N) is 1. The molecular weight excluding hydrogens is 248 g/mol. The SMILES string of the molecule is CNC(=O)CN(C)C(=O)[C@H]1C2C=CC(C2)[C@H]1C(=O)O. The van der Waals surface area contributed by atoms with Crippen LogP contribution in [0.4, 0.5) is 0 Å². The number of carbonyl (C=O) groups is 3. The van der Waals surface area contributed by atoms with Crippen LogP contribution in [0.3, 0.4) is 0 Å². The van der Waals surface area contributed by atoms with Gasteiger partial charge in [0.15, 0.2) is 0 Å². The third-order valence-electron chi connectivity index (χ3n) is 4.07. The molecule has 2 aliphatic rings. The van der Waals surface area contributed by atoms with Crippen LogP contribution in [0.2, 0.25) is 0 Å². The summed E-state index contributed by atoms with van der Waals surface area (Å²) in [5.41, 5.74) is 0. The molecule has 2 unspecified atom stereocenters. The Morgan fingerprint density at radius 2 is 1.84 bits per heavy atom. The molecule has 19 heavy (non-hydrogen) atoms. The molecule has 1 fully saturated rings. The van der Waals surface area contributed by atoms with Crippen LogP contribution in [0.15, 0.2) is 12.2 Å². The van der Waals surface area contributed by atoms with Crippen molar-refractivity contribution in [2.24, 2.45) is 23.7 Å². The molecule has 2 amide bonds. The van der Waals surface area contributed by atoms with E-state index in [1.165, 1.54) is 19.0 Å². The number of carbonyl (C=O) groups excluding carboxylic acids is 2. The number of rotatable bonds is 4. The number of hydrogen-bond acceptors (Lipinski definition) is 3. The third-order valence-corrected chi connectivity index (χ3v) is 4.07. The maximum atomic E-state index is 12.4.